The summed E-state index contributed by atoms with van der Waals surface area (Å²) in [5.74, 6) is -0.797. The van der Waals surface area contributed by atoms with Crippen LogP contribution in [-0.4, -0.2) is 66.2 Å². The van der Waals surface area contributed by atoms with Crippen molar-refractivity contribution in [3.8, 4) is 0 Å². The van der Waals surface area contributed by atoms with Crippen LogP contribution in [0.1, 0.15) is 24.5 Å². The van der Waals surface area contributed by atoms with Gasteiger partial charge < -0.3 is 14.7 Å². The molecule has 6 nitrogen and oxygen atoms in total. The number of fused-ring (bicyclic) bond motifs is 1. The third-order valence-corrected chi connectivity index (χ3v) is 5.61. The number of carboxylic acid groups (broad SMARTS) is 1. The fraction of sp³-hybridized carbons (Fsp3) is 0.600. The van der Waals surface area contributed by atoms with E-state index in [1.807, 2.05) is 13.0 Å². The van der Waals surface area contributed by atoms with Crippen molar-refractivity contribution in [2.75, 3.05) is 39.4 Å². The van der Waals surface area contributed by atoms with E-state index in [2.05, 4.69) is 30.0 Å². The Morgan fingerprint density at radius 2 is 2.12 bits per heavy atom. The van der Waals surface area contributed by atoms with Crippen LogP contribution < -0.4 is 0 Å². The number of carboxylic acids is 1. The highest BCUT2D eigenvalue weighted by Crippen LogP contribution is 2.43. The predicted octanol–water partition coefficient (Wildman–Crippen LogP) is 1.77. The quantitative estimate of drug-likeness (QED) is 0.751. The molecule has 1 aromatic rings. The van der Waals surface area contributed by atoms with Gasteiger partial charge in [-0.1, -0.05) is 29.8 Å². The number of nitrogens with zero attached hydrogens (tertiary/aromatic N) is 2. The van der Waals surface area contributed by atoms with E-state index >= 15 is 0 Å². The highest BCUT2D eigenvalue weighted by atomic mass is 16.5. The lowest BCUT2D eigenvalue weighted by Gasteiger charge is -2.25. The Labute approximate surface area is 154 Å². The first-order valence-corrected chi connectivity index (χ1v) is 9.31. The standard InChI is InChI=1S/C20H28N2O4/c1-3-26-8-7-18(23)22-12-17-11-21(13-20(17,14-22)19(24)25)10-16-6-4-5-15(2)9-16/h4-6,9,17H,3,7-8,10-14H2,1-2H3,(H,24,25)/t17-,20-/m0/s1. The van der Waals surface area contributed by atoms with E-state index in [0.717, 1.165) is 13.1 Å². The van der Waals surface area contributed by atoms with Crippen LogP contribution in [0.5, 0.6) is 0 Å². The fourth-order valence-corrected chi connectivity index (χ4v) is 4.31. The first kappa shape index (κ1) is 18.9. The minimum Gasteiger partial charge on any atom is -0.481 e. The molecular formula is C20H28N2O4. The maximum atomic E-state index is 12.4. The monoisotopic (exact) mass is 360 g/mol. The lowest BCUT2D eigenvalue weighted by atomic mass is 9.81. The Morgan fingerprint density at radius 1 is 1.31 bits per heavy atom. The fourth-order valence-electron chi connectivity index (χ4n) is 4.31. The van der Waals surface area contributed by atoms with Crippen molar-refractivity contribution < 1.29 is 19.4 Å². The van der Waals surface area contributed by atoms with Gasteiger partial charge in [0.15, 0.2) is 0 Å². The summed E-state index contributed by atoms with van der Waals surface area (Å²) in [4.78, 5) is 28.4. The minimum absolute atomic E-state index is 0.00120. The van der Waals surface area contributed by atoms with Crippen molar-refractivity contribution >= 4 is 11.9 Å². The van der Waals surface area contributed by atoms with E-state index in [1.165, 1.54) is 11.1 Å². The average molecular weight is 360 g/mol. The van der Waals surface area contributed by atoms with Crippen LogP contribution in [0.4, 0.5) is 0 Å². The Kier molecular flexibility index (Phi) is 5.63. The molecule has 1 aromatic carbocycles. The molecule has 1 amide bonds. The molecule has 2 atom stereocenters. The van der Waals surface area contributed by atoms with Gasteiger partial charge in [0.05, 0.1) is 13.0 Å². The van der Waals surface area contributed by atoms with Crippen molar-refractivity contribution in [1.82, 2.24) is 9.80 Å². The largest absolute Gasteiger partial charge is 0.481 e. The maximum absolute atomic E-state index is 12.4. The number of likely N-dealkylation sites (tertiary alicyclic amines) is 2. The number of carbonyl (C=O) groups is 2. The second kappa shape index (κ2) is 7.76. The molecule has 3 rings (SSSR count). The van der Waals surface area contributed by atoms with Crippen LogP contribution in [0.15, 0.2) is 24.3 Å². The van der Waals surface area contributed by atoms with Gasteiger partial charge in [-0.05, 0) is 19.4 Å². The maximum Gasteiger partial charge on any atom is 0.313 e. The third-order valence-electron chi connectivity index (χ3n) is 5.61. The van der Waals surface area contributed by atoms with Crippen molar-refractivity contribution in [2.45, 2.75) is 26.8 Å². The van der Waals surface area contributed by atoms with Crippen molar-refractivity contribution in [3.63, 3.8) is 0 Å². The van der Waals surface area contributed by atoms with Crippen molar-refractivity contribution in [1.29, 1.82) is 0 Å². The van der Waals surface area contributed by atoms with Gasteiger partial charge in [-0.2, -0.15) is 0 Å². The number of amides is 1. The predicted molar refractivity (Wildman–Crippen MR) is 97.7 cm³/mol. The number of benzene rings is 1. The van der Waals surface area contributed by atoms with E-state index in [-0.39, 0.29) is 11.8 Å². The number of rotatable bonds is 7. The molecule has 2 aliphatic rings. The molecule has 0 unspecified atom stereocenters. The van der Waals surface area contributed by atoms with Crippen LogP contribution in [0.25, 0.3) is 0 Å². The second-order valence-corrected chi connectivity index (χ2v) is 7.54. The molecule has 0 bridgehead atoms. The van der Waals surface area contributed by atoms with E-state index in [0.29, 0.717) is 39.3 Å². The Morgan fingerprint density at radius 3 is 2.77 bits per heavy atom. The van der Waals surface area contributed by atoms with Gasteiger partial charge in [-0.15, -0.1) is 0 Å². The zero-order chi connectivity index (χ0) is 18.7. The minimum atomic E-state index is -0.842. The van der Waals surface area contributed by atoms with E-state index in [1.54, 1.807) is 4.90 Å². The summed E-state index contributed by atoms with van der Waals surface area (Å²) >= 11 is 0. The first-order chi connectivity index (χ1) is 12.4. The molecule has 2 heterocycles. The van der Waals surface area contributed by atoms with Crippen LogP contribution in [-0.2, 0) is 20.9 Å². The number of hydrogen-bond acceptors (Lipinski definition) is 4. The Balaban J connectivity index is 1.65. The molecule has 0 aliphatic carbocycles. The summed E-state index contributed by atoms with van der Waals surface area (Å²) in [6.45, 7) is 7.75. The summed E-state index contributed by atoms with van der Waals surface area (Å²) in [7, 11) is 0. The van der Waals surface area contributed by atoms with Crippen molar-refractivity contribution in [2.24, 2.45) is 11.3 Å². The van der Waals surface area contributed by atoms with Gasteiger partial charge in [0.2, 0.25) is 5.91 Å². The van der Waals surface area contributed by atoms with Crippen molar-refractivity contribution in [3.05, 3.63) is 35.4 Å². The molecule has 0 saturated carbocycles. The molecule has 142 valence electrons. The lowest BCUT2D eigenvalue weighted by molar-refractivity contribution is -0.149. The number of hydrogen-bond donors (Lipinski definition) is 1. The average Bonchev–Trinajstić information content (AvgIpc) is 3.10. The molecule has 2 fully saturated rings. The summed E-state index contributed by atoms with van der Waals surface area (Å²) < 4.78 is 5.25. The smallest absolute Gasteiger partial charge is 0.313 e. The van der Waals surface area contributed by atoms with Gasteiger partial charge in [0, 0.05) is 45.2 Å². The number of carbonyl (C=O) groups excluding carboxylic acids is 1. The lowest BCUT2D eigenvalue weighted by Crippen LogP contribution is -2.42. The van der Waals surface area contributed by atoms with E-state index in [9.17, 15) is 14.7 Å². The number of aryl methyl sites for hydroxylation is 1. The third kappa shape index (κ3) is 3.76. The number of aliphatic carboxylic acids is 1. The Hall–Kier alpha value is -1.92. The normalized spacial score (nSPS) is 25.5. The summed E-state index contributed by atoms with van der Waals surface area (Å²) in [5.41, 5.74) is 1.57. The van der Waals surface area contributed by atoms with Gasteiger partial charge in [-0.25, -0.2) is 0 Å². The molecule has 0 spiro atoms. The summed E-state index contributed by atoms with van der Waals surface area (Å²) in [5, 5.41) is 9.93. The Bertz CT molecular complexity index is 678. The van der Waals surface area contributed by atoms with Gasteiger partial charge >= 0.3 is 5.97 Å². The molecule has 0 aromatic heterocycles. The van der Waals surface area contributed by atoms with Crippen LogP contribution in [0, 0.1) is 18.3 Å². The van der Waals surface area contributed by atoms with Gasteiger partial charge in [0.1, 0.15) is 5.41 Å². The molecular weight excluding hydrogens is 332 g/mol. The topological polar surface area (TPSA) is 70.1 Å². The molecule has 2 aliphatic heterocycles. The molecule has 1 N–H and O–H groups in total. The molecule has 6 heteroatoms. The highest BCUT2D eigenvalue weighted by molar-refractivity contribution is 5.81. The zero-order valence-electron chi connectivity index (χ0n) is 15.6. The van der Waals surface area contributed by atoms with E-state index < -0.39 is 11.4 Å². The van der Waals surface area contributed by atoms with Gasteiger partial charge in [-0.3, -0.25) is 14.5 Å². The van der Waals surface area contributed by atoms with Crippen LogP contribution in [0.2, 0.25) is 0 Å². The van der Waals surface area contributed by atoms with Crippen LogP contribution in [0.3, 0.4) is 0 Å². The molecule has 26 heavy (non-hydrogen) atoms. The number of ether oxygens (including phenoxy) is 1. The highest BCUT2D eigenvalue weighted by Gasteiger charge is 2.58. The first-order valence-electron chi connectivity index (χ1n) is 9.31. The summed E-state index contributed by atoms with van der Waals surface area (Å²) in [6.07, 6.45) is 0.323. The summed E-state index contributed by atoms with van der Waals surface area (Å²) in [6, 6.07) is 8.32. The van der Waals surface area contributed by atoms with Gasteiger partial charge in [0.25, 0.3) is 0 Å². The SMILES string of the molecule is CCOCCC(=O)N1C[C@@H]2CN(Cc3cccc(C)c3)C[C@]2(C(=O)O)C1. The zero-order valence-corrected chi connectivity index (χ0v) is 15.6. The second-order valence-electron chi connectivity index (χ2n) is 7.54. The molecule has 0 radical (unpaired) electrons. The van der Waals surface area contributed by atoms with Crippen LogP contribution >= 0.6 is 0 Å². The molecule has 2 saturated heterocycles. The van der Waals surface area contributed by atoms with E-state index in [4.69, 9.17) is 4.74 Å².